The van der Waals surface area contributed by atoms with Crippen molar-refractivity contribution in [1.29, 1.82) is 0 Å². The summed E-state index contributed by atoms with van der Waals surface area (Å²) in [4.78, 5) is 20.6. The first-order valence-electron chi connectivity index (χ1n) is 12.0. The van der Waals surface area contributed by atoms with Crippen molar-refractivity contribution in [2.24, 2.45) is 5.73 Å². The van der Waals surface area contributed by atoms with Gasteiger partial charge in [0.25, 0.3) is 5.91 Å². The Bertz CT molecular complexity index is 1470. The number of pyridine rings is 1. The quantitative estimate of drug-likeness (QED) is 0.348. The zero-order chi connectivity index (χ0) is 27.0. The van der Waals surface area contributed by atoms with E-state index in [0.717, 1.165) is 25.7 Å². The number of fused-ring (bicyclic) bond motifs is 1. The zero-order valence-corrected chi connectivity index (χ0v) is 20.5. The van der Waals surface area contributed by atoms with Crippen LogP contribution >= 0.6 is 0 Å². The van der Waals surface area contributed by atoms with E-state index in [1.807, 2.05) is 18.2 Å². The van der Waals surface area contributed by atoms with E-state index >= 15 is 0 Å². The molecule has 5 rings (SSSR count). The summed E-state index contributed by atoms with van der Waals surface area (Å²) in [5.41, 5.74) is 15.3. The number of alkyl halides is 3. The van der Waals surface area contributed by atoms with Gasteiger partial charge in [-0.1, -0.05) is 6.07 Å². The maximum Gasteiger partial charge on any atom is 0.425 e. The minimum Gasteiger partial charge on any atom is -0.480 e. The lowest BCUT2D eigenvalue weighted by Gasteiger charge is -2.38. The van der Waals surface area contributed by atoms with Gasteiger partial charge in [0.2, 0.25) is 0 Å². The van der Waals surface area contributed by atoms with E-state index in [2.05, 4.69) is 25.0 Å². The number of rotatable bonds is 6. The highest BCUT2D eigenvalue weighted by atomic mass is 19.4. The number of primary amides is 1. The lowest BCUT2D eigenvalue weighted by atomic mass is 9.99. The van der Waals surface area contributed by atoms with Crippen LogP contribution in [-0.2, 0) is 0 Å². The summed E-state index contributed by atoms with van der Waals surface area (Å²) in [5, 5.41) is 6.95. The number of H-pyrrole nitrogens is 1. The van der Waals surface area contributed by atoms with Crippen LogP contribution in [0.3, 0.4) is 0 Å². The first-order valence-corrected chi connectivity index (χ1v) is 12.0. The number of carbonyl (C=O) groups is 1. The molecule has 1 aliphatic rings. The number of ether oxygens (including phenoxy) is 1. The third kappa shape index (κ3) is 4.89. The number of carbonyl (C=O) groups excluding carboxylic acids is 1. The van der Waals surface area contributed by atoms with Gasteiger partial charge in [0.15, 0.2) is 11.9 Å². The molecule has 0 bridgehead atoms. The fraction of sp³-hybridized carbons (Fsp3) is 0.269. The summed E-state index contributed by atoms with van der Waals surface area (Å²) in [7, 11) is 0. The van der Waals surface area contributed by atoms with E-state index in [4.69, 9.17) is 16.2 Å². The van der Waals surface area contributed by atoms with Crippen LogP contribution in [0.2, 0.25) is 0 Å². The molecule has 1 amide bonds. The van der Waals surface area contributed by atoms with Gasteiger partial charge in [-0.3, -0.25) is 14.9 Å². The van der Waals surface area contributed by atoms with E-state index in [-0.39, 0.29) is 17.0 Å². The largest absolute Gasteiger partial charge is 0.480 e. The van der Waals surface area contributed by atoms with E-state index in [9.17, 15) is 18.0 Å². The highest BCUT2D eigenvalue weighted by Crippen LogP contribution is 2.38. The lowest BCUT2D eigenvalue weighted by molar-refractivity contribution is -0.188. The van der Waals surface area contributed by atoms with E-state index < -0.39 is 18.2 Å². The maximum atomic E-state index is 13.3. The number of benzene rings is 2. The van der Waals surface area contributed by atoms with Crippen molar-refractivity contribution >= 4 is 34.0 Å². The van der Waals surface area contributed by atoms with Gasteiger partial charge in [-0.25, -0.2) is 0 Å². The number of nitrogen functional groups attached to an aromatic ring is 1. The Morgan fingerprint density at radius 1 is 1.03 bits per heavy atom. The summed E-state index contributed by atoms with van der Waals surface area (Å²) in [6, 6.07) is 12.3. The van der Waals surface area contributed by atoms with Crippen LogP contribution in [0.4, 0.5) is 30.4 Å². The second-order valence-electron chi connectivity index (χ2n) is 9.08. The second-order valence-corrected chi connectivity index (χ2v) is 9.08. The highest BCUT2D eigenvalue weighted by Gasteiger charge is 2.38. The topological polar surface area (TPSA) is 126 Å². The molecule has 0 saturated carbocycles. The summed E-state index contributed by atoms with van der Waals surface area (Å²) in [6.07, 6.45) is -3.13. The van der Waals surface area contributed by atoms with Crippen LogP contribution in [0, 0.1) is 0 Å². The molecule has 1 fully saturated rings. The molecule has 1 unspecified atom stereocenters. The van der Waals surface area contributed by atoms with Gasteiger partial charge in [-0.05, 0) is 54.4 Å². The van der Waals surface area contributed by atoms with Crippen LogP contribution in [0.1, 0.15) is 17.3 Å². The van der Waals surface area contributed by atoms with Gasteiger partial charge in [-0.2, -0.15) is 18.3 Å². The van der Waals surface area contributed by atoms with Crippen LogP contribution in [-0.4, -0.2) is 59.5 Å². The summed E-state index contributed by atoms with van der Waals surface area (Å²) in [5.74, 6) is -0.573. The third-order valence-corrected chi connectivity index (χ3v) is 6.66. The second kappa shape index (κ2) is 9.77. The molecule has 198 valence electrons. The molecule has 0 aliphatic carbocycles. The molecule has 3 heterocycles. The molecule has 1 saturated heterocycles. The number of nitrogens with zero attached hydrogens (tertiary/aromatic N) is 4. The fourth-order valence-electron chi connectivity index (χ4n) is 4.60. The molecule has 38 heavy (non-hydrogen) atoms. The normalized spacial score (nSPS) is 15.1. The Morgan fingerprint density at radius 2 is 1.71 bits per heavy atom. The van der Waals surface area contributed by atoms with Crippen molar-refractivity contribution in [2.75, 3.05) is 41.7 Å². The molecule has 0 spiro atoms. The predicted octanol–water partition coefficient (Wildman–Crippen LogP) is 3.96. The van der Waals surface area contributed by atoms with Gasteiger partial charge in [0.1, 0.15) is 5.75 Å². The summed E-state index contributed by atoms with van der Waals surface area (Å²) >= 11 is 0. The monoisotopic (exact) mass is 525 g/mol. The fourth-order valence-corrected chi connectivity index (χ4v) is 4.60. The molecule has 0 radical (unpaired) electrons. The maximum absolute atomic E-state index is 13.3. The zero-order valence-electron chi connectivity index (χ0n) is 20.5. The standard InChI is InChI=1S/C26H26F3N7O2/c1-15(26(27,28)29)38-22-14-17(12-20-23(22)24(30)34-33-20)16-2-3-19(25(31)37)21(13-16)36-10-8-35(9-11-36)18-4-6-32-7-5-18/h2-7,12-15H,8-11H2,1H3,(H2,31,37)(H3,30,33,34). The molecule has 1 atom stereocenters. The average molecular weight is 526 g/mol. The summed E-state index contributed by atoms with van der Waals surface area (Å²) in [6.45, 7) is 3.65. The van der Waals surface area contributed by atoms with Crippen molar-refractivity contribution in [3.05, 3.63) is 60.4 Å². The molecule has 5 N–H and O–H groups in total. The number of amides is 1. The lowest BCUT2D eigenvalue weighted by Crippen LogP contribution is -2.47. The van der Waals surface area contributed by atoms with E-state index in [0.29, 0.717) is 41.0 Å². The van der Waals surface area contributed by atoms with Crippen molar-refractivity contribution in [3.63, 3.8) is 0 Å². The smallest absolute Gasteiger partial charge is 0.425 e. The Morgan fingerprint density at radius 3 is 2.37 bits per heavy atom. The van der Waals surface area contributed by atoms with Gasteiger partial charge in [-0.15, -0.1) is 0 Å². The van der Waals surface area contributed by atoms with Crippen LogP contribution in [0.25, 0.3) is 22.0 Å². The SMILES string of the molecule is CC(Oc1cc(-c2ccc(C(N)=O)c(N3CCN(c4ccncc4)CC3)c2)cc2[nH]nc(N)c12)C(F)(F)F. The number of aromatic nitrogens is 3. The number of aromatic amines is 1. The predicted molar refractivity (Wildman–Crippen MR) is 139 cm³/mol. The first-order chi connectivity index (χ1) is 18.1. The number of anilines is 3. The molecule has 2 aromatic heterocycles. The number of nitrogens with two attached hydrogens (primary N) is 2. The molecular weight excluding hydrogens is 499 g/mol. The van der Waals surface area contributed by atoms with Crippen molar-refractivity contribution in [3.8, 4) is 16.9 Å². The molecule has 1 aliphatic heterocycles. The Balaban J connectivity index is 1.50. The van der Waals surface area contributed by atoms with E-state index in [1.165, 1.54) is 6.07 Å². The minimum atomic E-state index is -4.56. The number of halogens is 3. The number of piperazine rings is 1. The van der Waals surface area contributed by atoms with Crippen LogP contribution < -0.4 is 26.0 Å². The first kappa shape index (κ1) is 25.2. The van der Waals surface area contributed by atoms with Gasteiger partial charge in [0, 0.05) is 44.3 Å². The van der Waals surface area contributed by atoms with Gasteiger partial charge >= 0.3 is 6.18 Å². The Labute approximate surface area is 216 Å². The van der Waals surface area contributed by atoms with Crippen molar-refractivity contribution in [2.45, 2.75) is 19.2 Å². The number of nitrogens with one attached hydrogen (secondary N) is 1. The van der Waals surface area contributed by atoms with E-state index in [1.54, 1.807) is 30.6 Å². The highest BCUT2D eigenvalue weighted by molar-refractivity contribution is 6.01. The molecule has 12 heteroatoms. The van der Waals surface area contributed by atoms with Crippen molar-refractivity contribution in [1.82, 2.24) is 15.2 Å². The van der Waals surface area contributed by atoms with Crippen LogP contribution in [0.5, 0.6) is 5.75 Å². The third-order valence-electron chi connectivity index (χ3n) is 6.66. The molecule has 4 aromatic rings. The Hall–Kier alpha value is -4.48. The minimum absolute atomic E-state index is 0.0350. The number of hydrogen-bond acceptors (Lipinski definition) is 7. The summed E-state index contributed by atoms with van der Waals surface area (Å²) < 4.78 is 45.1. The molecule has 2 aromatic carbocycles. The van der Waals surface area contributed by atoms with Gasteiger partial charge in [0.05, 0.1) is 22.2 Å². The van der Waals surface area contributed by atoms with Crippen LogP contribution in [0.15, 0.2) is 54.9 Å². The Kier molecular flexibility index (Phi) is 6.47. The molecular formula is C26H26F3N7O2. The molecule has 9 nitrogen and oxygen atoms in total. The average Bonchev–Trinajstić information content (AvgIpc) is 3.29. The number of hydrogen-bond donors (Lipinski definition) is 3. The van der Waals surface area contributed by atoms with Crippen molar-refractivity contribution < 1.29 is 22.7 Å². The van der Waals surface area contributed by atoms with Gasteiger partial charge < -0.3 is 26.0 Å².